The van der Waals surface area contributed by atoms with Crippen molar-refractivity contribution in [3.8, 4) is 0 Å². The molecule has 0 bridgehead atoms. The molecule has 0 spiro atoms. The van der Waals surface area contributed by atoms with E-state index in [2.05, 4.69) is 15.5 Å². The molecule has 1 unspecified atom stereocenters. The third-order valence-corrected chi connectivity index (χ3v) is 6.77. The van der Waals surface area contributed by atoms with Crippen molar-refractivity contribution < 1.29 is 13.2 Å². The SMILES string of the molecule is CC(NC(=O)c1ccc(S(=O)(=O)N(C)c2ccccc2)cc1)c1nnc2ccccn12. The number of carbonyl (C=O) groups excluding carboxylic acids is 1. The number of hydrogen-bond acceptors (Lipinski definition) is 5. The van der Waals surface area contributed by atoms with Gasteiger partial charge in [-0.2, -0.15) is 0 Å². The number of anilines is 1. The van der Waals surface area contributed by atoms with Crippen LogP contribution in [0, 0.1) is 0 Å². The van der Waals surface area contributed by atoms with Crippen molar-refractivity contribution in [2.45, 2.75) is 17.9 Å². The van der Waals surface area contributed by atoms with E-state index in [0.717, 1.165) is 0 Å². The van der Waals surface area contributed by atoms with E-state index in [9.17, 15) is 13.2 Å². The molecule has 1 amide bonds. The third-order valence-electron chi connectivity index (χ3n) is 4.97. The number of aromatic nitrogens is 3. The number of fused-ring (bicyclic) bond motifs is 1. The third kappa shape index (κ3) is 3.99. The second kappa shape index (κ2) is 8.19. The summed E-state index contributed by atoms with van der Waals surface area (Å²) in [6.45, 7) is 1.81. The second-order valence-electron chi connectivity index (χ2n) is 7.01. The Bertz CT molecular complexity index is 1320. The van der Waals surface area contributed by atoms with E-state index in [1.54, 1.807) is 28.7 Å². The normalized spacial score (nSPS) is 12.5. The smallest absolute Gasteiger partial charge is 0.264 e. The molecule has 0 fully saturated rings. The number of nitrogens with one attached hydrogen (secondary N) is 1. The van der Waals surface area contributed by atoms with Gasteiger partial charge in [0.25, 0.3) is 15.9 Å². The van der Waals surface area contributed by atoms with Crippen LogP contribution in [0.5, 0.6) is 0 Å². The molecule has 0 aliphatic carbocycles. The number of rotatable bonds is 6. The molecule has 2 aromatic heterocycles. The Morgan fingerprint density at radius 2 is 1.65 bits per heavy atom. The standard InChI is InChI=1S/C22H21N5O3S/c1-16(21-25-24-20-10-6-7-15-27(20)21)23-22(28)17-11-13-19(14-12-17)31(29,30)26(2)18-8-4-3-5-9-18/h3-16H,1-2H3,(H,23,28). The van der Waals surface area contributed by atoms with Crippen molar-refractivity contribution >= 4 is 27.3 Å². The Labute approximate surface area is 180 Å². The minimum absolute atomic E-state index is 0.104. The summed E-state index contributed by atoms with van der Waals surface area (Å²) in [4.78, 5) is 12.8. The van der Waals surface area contributed by atoms with Crippen molar-refractivity contribution in [2.24, 2.45) is 0 Å². The van der Waals surface area contributed by atoms with Gasteiger partial charge < -0.3 is 5.32 Å². The molecular formula is C22H21N5O3S. The maximum Gasteiger partial charge on any atom is 0.264 e. The van der Waals surface area contributed by atoms with Gasteiger partial charge in [0.15, 0.2) is 11.5 Å². The summed E-state index contributed by atoms with van der Waals surface area (Å²) in [6, 6.07) is 19.8. The number of para-hydroxylation sites is 1. The molecule has 158 valence electrons. The molecule has 0 saturated carbocycles. The Hall–Kier alpha value is -3.72. The van der Waals surface area contributed by atoms with Crippen LogP contribution in [-0.2, 0) is 10.0 Å². The second-order valence-corrected chi connectivity index (χ2v) is 8.98. The molecule has 0 aliphatic rings. The van der Waals surface area contributed by atoms with Gasteiger partial charge in [0.2, 0.25) is 0 Å². The van der Waals surface area contributed by atoms with Gasteiger partial charge in [0.05, 0.1) is 16.6 Å². The van der Waals surface area contributed by atoms with Gasteiger partial charge in [0, 0.05) is 18.8 Å². The molecule has 0 saturated heterocycles. The lowest BCUT2D eigenvalue weighted by Crippen LogP contribution is -2.28. The minimum Gasteiger partial charge on any atom is -0.342 e. The Balaban J connectivity index is 1.50. The van der Waals surface area contributed by atoms with E-state index in [1.165, 1.54) is 35.6 Å². The highest BCUT2D eigenvalue weighted by Crippen LogP contribution is 2.22. The Kier molecular flexibility index (Phi) is 5.43. The summed E-state index contributed by atoms with van der Waals surface area (Å²) in [6.07, 6.45) is 1.83. The summed E-state index contributed by atoms with van der Waals surface area (Å²) in [7, 11) is -2.24. The predicted molar refractivity (Wildman–Crippen MR) is 117 cm³/mol. The predicted octanol–water partition coefficient (Wildman–Crippen LogP) is 3.05. The van der Waals surface area contributed by atoms with E-state index in [1.807, 2.05) is 37.4 Å². The number of sulfonamides is 1. The van der Waals surface area contributed by atoms with Crippen molar-refractivity contribution in [1.82, 2.24) is 19.9 Å². The van der Waals surface area contributed by atoms with Crippen molar-refractivity contribution in [3.63, 3.8) is 0 Å². The lowest BCUT2D eigenvalue weighted by atomic mass is 10.2. The van der Waals surface area contributed by atoms with Gasteiger partial charge in [-0.3, -0.25) is 13.5 Å². The zero-order chi connectivity index (χ0) is 22.0. The minimum atomic E-state index is -3.74. The molecule has 4 aromatic rings. The number of nitrogens with zero attached hydrogens (tertiary/aromatic N) is 4. The zero-order valence-electron chi connectivity index (χ0n) is 17.0. The van der Waals surface area contributed by atoms with Crippen LogP contribution in [0.1, 0.15) is 29.1 Å². The van der Waals surface area contributed by atoms with Crippen LogP contribution in [0.25, 0.3) is 5.65 Å². The quantitative estimate of drug-likeness (QED) is 0.502. The maximum absolute atomic E-state index is 12.9. The van der Waals surface area contributed by atoms with Gasteiger partial charge in [0.1, 0.15) is 0 Å². The molecule has 2 aromatic carbocycles. The summed E-state index contributed by atoms with van der Waals surface area (Å²) in [5, 5.41) is 11.1. The molecule has 31 heavy (non-hydrogen) atoms. The van der Waals surface area contributed by atoms with Crippen LogP contribution in [0.2, 0.25) is 0 Å². The van der Waals surface area contributed by atoms with Crippen molar-refractivity contribution in [1.29, 1.82) is 0 Å². The van der Waals surface area contributed by atoms with E-state index in [-0.39, 0.29) is 10.8 Å². The number of benzene rings is 2. The maximum atomic E-state index is 12.9. The average Bonchev–Trinajstić information content (AvgIpc) is 3.23. The van der Waals surface area contributed by atoms with Gasteiger partial charge in [-0.15, -0.1) is 10.2 Å². The fourth-order valence-electron chi connectivity index (χ4n) is 3.21. The molecule has 2 heterocycles. The summed E-state index contributed by atoms with van der Waals surface area (Å²) >= 11 is 0. The van der Waals surface area contributed by atoms with E-state index < -0.39 is 16.1 Å². The van der Waals surface area contributed by atoms with Crippen LogP contribution in [0.3, 0.4) is 0 Å². The number of carbonyl (C=O) groups is 1. The number of amides is 1. The van der Waals surface area contributed by atoms with Gasteiger partial charge in [-0.1, -0.05) is 24.3 Å². The highest BCUT2D eigenvalue weighted by atomic mass is 32.2. The summed E-state index contributed by atoms with van der Waals surface area (Å²) in [5.74, 6) is 0.271. The first-order valence-electron chi connectivity index (χ1n) is 9.62. The average molecular weight is 436 g/mol. The summed E-state index contributed by atoms with van der Waals surface area (Å²) < 4.78 is 28.8. The van der Waals surface area contributed by atoms with Crippen molar-refractivity contribution in [2.75, 3.05) is 11.4 Å². The molecule has 4 rings (SSSR count). The first-order valence-corrected chi connectivity index (χ1v) is 11.1. The van der Waals surface area contributed by atoms with Crippen molar-refractivity contribution in [3.05, 3.63) is 90.4 Å². The first kappa shape index (κ1) is 20.5. The molecule has 8 nitrogen and oxygen atoms in total. The van der Waals surface area contributed by atoms with E-state index in [0.29, 0.717) is 22.7 Å². The molecule has 1 atom stereocenters. The summed E-state index contributed by atoms with van der Waals surface area (Å²) in [5.41, 5.74) is 1.59. The molecular weight excluding hydrogens is 414 g/mol. The van der Waals surface area contributed by atoms with Crippen LogP contribution in [0.4, 0.5) is 5.69 Å². The van der Waals surface area contributed by atoms with E-state index in [4.69, 9.17) is 0 Å². The van der Waals surface area contributed by atoms with Gasteiger partial charge >= 0.3 is 0 Å². The topological polar surface area (TPSA) is 96.7 Å². The van der Waals surface area contributed by atoms with Gasteiger partial charge in [-0.25, -0.2) is 8.42 Å². The first-order chi connectivity index (χ1) is 14.9. The number of pyridine rings is 1. The molecule has 0 aliphatic heterocycles. The van der Waals surface area contributed by atoms with Crippen LogP contribution in [-0.4, -0.2) is 36.0 Å². The molecule has 1 N–H and O–H groups in total. The highest BCUT2D eigenvalue weighted by Gasteiger charge is 2.22. The van der Waals surface area contributed by atoms with Crippen LogP contribution >= 0.6 is 0 Å². The zero-order valence-corrected chi connectivity index (χ0v) is 17.8. The van der Waals surface area contributed by atoms with E-state index >= 15 is 0 Å². The number of hydrogen-bond donors (Lipinski definition) is 1. The fraction of sp³-hybridized carbons (Fsp3) is 0.136. The van der Waals surface area contributed by atoms with Crippen LogP contribution in [0.15, 0.2) is 83.9 Å². The molecule has 0 radical (unpaired) electrons. The lowest BCUT2D eigenvalue weighted by molar-refractivity contribution is 0.0938. The Morgan fingerprint density at radius 3 is 2.35 bits per heavy atom. The highest BCUT2D eigenvalue weighted by molar-refractivity contribution is 7.92. The lowest BCUT2D eigenvalue weighted by Gasteiger charge is -2.19. The van der Waals surface area contributed by atoms with Gasteiger partial charge in [-0.05, 0) is 55.5 Å². The Morgan fingerprint density at radius 1 is 0.968 bits per heavy atom. The molecule has 9 heteroatoms. The van der Waals surface area contributed by atoms with Crippen LogP contribution < -0.4 is 9.62 Å². The monoisotopic (exact) mass is 435 g/mol. The fourth-order valence-corrected chi connectivity index (χ4v) is 4.41. The largest absolute Gasteiger partial charge is 0.342 e.